The van der Waals surface area contributed by atoms with Gasteiger partial charge in [-0.25, -0.2) is 13.1 Å². The van der Waals surface area contributed by atoms with Crippen molar-refractivity contribution in [1.29, 1.82) is 0 Å². The molecule has 6 nitrogen and oxygen atoms in total. The summed E-state index contributed by atoms with van der Waals surface area (Å²) in [5.41, 5.74) is 5.19. The second-order valence-electron chi connectivity index (χ2n) is 3.26. The monoisotopic (exact) mass is 238 g/mol. The van der Waals surface area contributed by atoms with Crippen molar-refractivity contribution < 1.29 is 18.3 Å². The van der Waals surface area contributed by atoms with E-state index in [-0.39, 0.29) is 18.7 Å². The maximum Gasteiger partial charge on any atom is 0.321 e. The fraction of sp³-hybridized carbons (Fsp3) is 0.875. The van der Waals surface area contributed by atoms with Gasteiger partial charge in [0, 0.05) is 0 Å². The summed E-state index contributed by atoms with van der Waals surface area (Å²) < 4.78 is 24.8. The Morgan fingerprint density at radius 3 is 2.53 bits per heavy atom. The average Bonchev–Trinajstić information content (AvgIpc) is 2.14. The number of carboxylic acids is 1. The minimum atomic E-state index is -3.50. The summed E-state index contributed by atoms with van der Waals surface area (Å²) in [6, 6.07) is -1.11. The molecule has 0 unspecified atom stereocenters. The molecule has 0 radical (unpaired) electrons. The zero-order chi connectivity index (χ0) is 11.9. The number of unbranched alkanes of at least 4 members (excludes halogenated alkanes) is 1. The van der Waals surface area contributed by atoms with Gasteiger partial charge in [0.2, 0.25) is 10.0 Å². The third-order valence-electron chi connectivity index (χ3n) is 1.84. The molecule has 4 N–H and O–H groups in total. The SMILES string of the molecule is CCCCS(=O)(=O)N[C@@H](CCN)C(=O)O. The molecule has 0 saturated heterocycles. The molecule has 0 heterocycles. The van der Waals surface area contributed by atoms with Crippen LogP contribution in [-0.2, 0) is 14.8 Å². The second kappa shape index (κ2) is 6.76. The van der Waals surface area contributed by atoms with Crippen molar-refractivity contribution in [2.75, 3.05) is 12.3 Å². The predicted molar refractivity (Wildman–Crippen MR) is 56.9 cm³/mol. The number of hydrogen-bond donors (Lipinski definition) is 3. The minimum Gasteiger partial charge on any atom is -0.480 e. The number of carboxylic acid groups (broad SMARTS) is 1. The van der Waals surface area contributed by atoms with Crippen LogP contribution in [0.3, 0.4) is 0 Å². The first kappa shape index (κ1) is 14.3. The highest BCUT2D eigenvalue weighted by Crippen LogP contribution is 1.98. The highest BCUT2D eigenvalue weighted by Gasteiger charge is 2.22. The van der Waals surface area contributed by atoms with Crippen LogP contribution in [0.15, 0.2) is 0 Å². The van der Waals surface area contributed by atoms with E-state index >= 15 is 0 Å². The van der Waals surface area contributed by atoms with Crippen molar-refractivity contribution in [2.45, 2.75) is 32.2 Å². The van der Waals surface area contributed by atoms with Crippen molar-refractivity contribution in [3.8, 4) is 0 Å². The molecule has 0 rings (SSSR count). The quantitative estimate of drug-likeness (QED) is 0.528. The van der Waals surface area contributed by atoms with Crippen LogP contribution in [0.4, 0.5) is 0 Å². The van der Waals surface area contributed by atoms with E-state index in [4.69, 9.17) is 10.8 Å². The number of carbonyl (C=O) groups is 1. The van der Waals surface area contributed by atoms with Crippen LogP contribution in [0.1, 0.15) is 26.2 Å². The van der Waals surface area contributed by atoms with Crippen LogP contribution >= 0.6 is 0 Å². The van der Waals surface area contributed by atoms with Gasteiger partial charge in [0.05, 0.1) is 5.75 Å². The van der Waals surface area contributed by atoms with Crippen molar-refractivity contribution in [1.82, 2.24) is 4.72 Å². The first-order valence-corrected chi connectivity index (χ1v) is 6.51. The summed E-state index contributed by atoms with van der Waals surface area (Å²) in [5, 5.41) is 8.71. The number of aliphatic carboxylic acids is 1. The summed E-state index contributed by atoms with van der Waals surface area (Å²) in [4.78, 5) is 10.7. The molecule has 0 aromatic carbocycles. The Labute approximate surface area is 89.9 Å². The molecule has 0 fully saturated rings. The summed E-state index contributed by atoms with van der Waals surface area (Å²) >= 11 is 0. The highest BCUT2D eigenvalue weighted by molar-refractivity contribution is 7.89. The van der Waals surface area contributed by atoms with E-state index in [0.29, 0.717) is 6.42 Å². The van der Waals surface area contributed by atoms with E-state index < -0.39 is 22.0 Å². The van der Waals surface area contributed by atoms with Gasteiger partial charge >= 0.3 is 5.97 Å². The summed E-state index contributed by atoms with van der Waals surface area (Å²) in [6.07, 6.45) is 1.36. The number of hydrogen-bond acceptors (Lipinski definition) is 4. The zero-order valence-corrected chi connectivity index (χ0v) is 9.59. The van der Waals surface area contributed by atoms with E-state index in [1.54, 1.807) is 0 Å². The van der Waals surface area contributed by atoms with Crippen molar-refractivity contribution in [3.63, 3.8) is 0 Å². The van der Waals surface area contributed by atoms with Crippen LogP contribution < -0.4 is 10.5 Å². The minimum absolute atomic E-state index is 0.0438. The molecule has 7 heteroatoms. The topological polar surface area (TPSA) is 109 Å². The first-order chi connectivity index (χ1) is 6.93. The fourth-order valence-electron chi connectivity index (χ4n) is 1.01. The Bertz CT molecular complexity index is 289. The Balaban J connectivity index is 4.32. The van der Waals surface area contributed by atoms with Crippen LogP contribution in [0.2, 0.25) is 0 Å². The maximum absolute atomic E-state index is 11.4. The lowest BCUT2D eigenvalue weighted by molar-refractivity contribution is -0.139. The van der Waals surface area contributed by atoms with Crippen molar-refractivity contribution in [2.24, 2.45) is 5.73 Å². The second-order valence-corrected chi connectivity index (χ2v) is 5.13. The van der Waals surface area contributed by atoms with E-state index in [0.717, 1.165) is 6.42 Å². The standard InChI is InChI=1S/C8H18N2O4S/c1-2-3-6-15(13,14)10-7(4-5-9)8(11)12/h7,10H,2-6,9H2,1H3,(H,11,12)/t7-/m0/s1. The third-order valence-corrected chi connectivity index (χ3v) is 3.31. The molecule has 0 aliphatic heterocycles. The Kier molecular flexibility index (Phi) is 6.46. The van der Waals surface area contributed by atoms with Gasteiger partial charge in [-0.05, 0) is 19.4 Å². The van der Waals surface area contributed by atoms with Crippen molar-refractivity contribution >= 4 is 16.0 Å². The lowest BCUT2D eigenvalue weighted by atomic mass is 10.2. The molecule has 15 heavy (non-hydrogen) atoms. The van der Waals surface area contributed by atoms with Gasteiger partial charge in [0.1, 0.15) is 6.04 Å². The average molecular weight is 238 g/mol. The number of sulfonamides is 1. The van der Waals surface area contributed by atoms with Gasteiger partial charge in [-0.1, -0.05) is 13.3 Å². The maximum atomic E-state index is 11.4. The van der Waals surface area contributed by atoms with Crippen molar-refractivity contribution in [3.05, 3.63) is 0 Å². The molecule has 0 aliphatic rings. The van der Waals surface area contributed by atoms with Gasteiger partial charge in [0.25, 0.3) is 0 Å². The predicted octanol–water partition coefficient (Wildman–Crippen LogP) is -0.492. The van der Waals surface area contributed by atoms with Crippen LogP contribution in [0.25, 0.3) is 0 Å². The molecule has 0 bridgehead atoms. The Morgan fingerprint density at radius 1 is 1.53 bits per heavy atom. The van der Waals surface area contributed by atoms with Gasteiger partial charge in [-0.2, -0.15) is 0 Å². The molecule has 0 aromatic rings. The smallest absolute Gasteiger partial charge is 0.321 e. The van der Waals surface area contributed by atoms with E-state index in [1.165, 1.54) is 0 Å². The number of nitrogens with one attached hydrogen (secondary N) is 1. The molecule has 0 saturated carbocycles. The first-order valence-electron chi connectivity index (χ1n) is 4.85. The summed E-state index contributed by atoms with van der Waals surface area (Å²) in [6.45, 7) is 2.00. The molecule has 0 amide bonds. The van der Waals surface area contributed by atoms with Crippen LogP contribution in [0, 0.1) is 0 Å². The van der Waals surface area contributed by atoms with Crippen LogP contribution in [0.5, 0.6) is 0 Å². The lowest BCUT2D eigenvalue weighted by Gasteiger charge is -2.13. The van der Waals surface area contributed by atoms with E-state index in [2.05, 4.69) is 4.72 Å². The molecule has 0 aliphatic carbocycles. The summed E-state index contributed by atoms with van der Waals surface area (Å²) in [7, 11) is -3.50. The molecular weight excluding hydrogens is 220 g/mol. The molecular formula is C8H18N2O4S. The summed E-state index contributed by atoms with van der Waals surface area (Å²) in [5.74, 6) is -1.24. The normalized spacial score (nSPS) is 13.7. The fourth-order valence-corrected chi connectivity index (χ4v) is 2.45. The zero-order valence-electron chi connectivity index (χ0n) is 8.77. The largest absolute Gasteiger partial charge is 0.480 e. The molecule has 90 valence electrons. The highest BCUT2D eigenvalue weighted by atomic mass is 32.2. The third kappa shape index (κ3) is 6.43. The van der Waals surface area contributed by atoms with Gasteiger partial charge < -0.3 is 10.8 Å². The van der Waals surface area contributed by atoms with Gasteiger partial charge in [-0.15, -0.1) is 0 Å². The van der Waals surface area contributed by atoms with Crippen LogP contribution in [-0.4, -0.2) is 37.8 Å². The van der Waals surface area contributed by atoms with Gasteiger partial charge in [0.15, 0.2) is 0 Å². The van der Waals surface area contributed by atoms with E-state index in [1.807, 2.05) is 6.92 Å². The molecule has 0 spiro atoms. The number of rotatable bonds is 8. The Morgan fingerprint density at radius 2 is 2.13 bits per heavy atom. The van der Waals surface area contributed by atoms with Gasteiger partial charge in [-0.3, -0.25) is 4.79 Å². The molecule has 0 aromatic heterocycles. The molecule has 1 atom stereocenters. The lowest BCUT2D eigenvalue weighted by Crippen LogP contribution is -2.42. The number of nitrogens with two attached hydrogens (primary N) is 1. The Hall–Kier alpha value is -0.660. The van der Waals surface area contributed by atoms with E-state index in [9.17, 15) is 13.2 Å².